The van der Waals surface area contributed by atoms with Crippen molar-refractivity contribution in [2.75, 3.05) is 0 Å². The van der Waals surface area contributed by atoms with Gasteiger partial charge in [-0.2, -0.15) is 5.10 Å². The van der Waals surface area contributed by atoms with Crippen LogP contribution in [0.15, 0.2) is 30.5 Å². The molecule has 3 nitrogen and oxygen atoms in total. The van der Waals surface area contributed by atoms with Crippen LogP contribution >= 0.6 is 12.2 Å². The lowest BCUT2D eigenvalue weighted by atomic mass is 10.0. The number of hydrogen-bond acceptors (Lipinski definition) is 2. The summed E-state index contributed by atoms with van der Waals surface area (Å²) in [6.45, 7) is 12.4. The maximum Gasteiger partial charge on any atom is 0.123 e. The average Bonchev–Trinajstić information content (AvgIpc) is 2.82. The second-order valence-electron chi connectivity index (χ2n) is 7.70. The molecule has 2 rings (SSSR count). The van der Waals surface area contributed by atoms with Gasteiger partial charge in [-0.05, 0) is 65.8 Å². The van der Waals surface area contributed by atoms with Gasteiger partial charge < -0.3 is 5.32 Å². The maximum absolute atomic E-state index is 13.3. The molecular weight excluding hydrogens is 309 g/mol. The largest absolute Gasteiger partial charge is 0.371 e. The average molecular weight is 333 g/mol. The molecule has 0 bridgehead atoms. The van der Waals surface area contributed by atoms with Gasteiger partial charge in [0.25, 0.3) is 0 Å². The van der Waals surface area contributed by atoms with Crippen LogP contribution in [0.5, 0.6) is 0 Å². The van der Waals surface area contributed by atoms with Crippen molar-refractivity contribution in [3.63, 3.8) is 0 Å². The summed E-state index contributed by atoms with van der Waals surface area (Å²) in [7, 11) is 0. The van der Waals surface area contributed by atoms with Crippen molar-refractivity contribution < 1.29 is 4.39 Å². The van der Waals surface area contributed by atoms with Crippen LogP contribution in [0.2, 0.25) is 0 Å². The Morgan fingerprint density at radius 3 is 2.13 bits per heavy atom. The fraction of sp³-hybridized carbons (Fsp3) is 0.444. The third-order valence-electron chi connectivity index (χ3n) is 3.26. The predicted octanol–water partition coefficient (Wildman–Crippen LogP) is 4.51. The first-order valence-electron chi connectivity index (χ1n) is 7.66. The van der Waals surface area contributed by atoms with E-state index in [2.05, 4.69) is 52.0 Å². The van der Waals surface area contributed by atoms with Crippen LogP contribution in [-0.2, 0) is 5.54 Å². The van der Waals surface area contributed by atoms with Crippen LogP contribution in [0.25, 0.3) is 11.3 Å². The first kappa shape index (κ1) is 17.6. The number of nitrogens with one attached hydrogen (secondary N) is 1. The molecule has 0 atom stereocenters. The van der Waals surface area contributed by atoms with Gasteiger partial charge in [-0.25, -0.2) is 4.39 Å². The fourth-order valence-corrected chi connectivity index (χ4v) is 2.77. The summed E-state index contributed by atoms with van der Waals surface area (Å²) >= 11 is 5.58. The van der Waals surface area contributed by atoms with Crippen molar-refractivity contribution >= 4 is 17.2 Å². The molecule has 0 unspecified atom stereocenters. The molecule has 5 heteroatoms. The number of halogens is 1. The van der Waals surface area contributed by atoms with Crippen molar-refractivity contribution in [3.8, 4) is 11.3 Å². The Labute approximate surface area is 142 Å². The molecule has 0 aliphatic carbocycles. The molecule has 1 aromatic carbocycles. The Bertz CT molecular complexity index is 703. The Morgan fingerprint density at radius 2 is 1.65 bits per heavy atom. The summed E-state index contributed by atoms with van der Waals surface area (Å²) in [5.41, 5.74) is 2.31. The highest BCUT2D eigenvalue weighted by atomic mass is 32.1. The van der Waals surface area contributed by atoms with E-state index in [-0.39, 0.29) is 16.9 Å². The number of hydrogen-bond donors (Lipinski definition) is 1. The summed E-state index contributed by atoms with van der Waals surface area (Å²) in [6.07, 6.45) is 1.78. The zero-order valence-corrected chi connectivity index (χ0v) is 15.4. The van der Waals surface area contributed by atoms with Crippen LogP contribution in [-0.4, -0.2) is 20.3 Å². The minimum absolute atomic E-state index is 0.138. The van der Waals surface area contributed by atoms with Crippen molar-refractivity contribution in [3.05, 3.63) is 41.8 Å². The van der Waals surface area contributed by atoms with Gasteiger partial charge in [-0.1, -0.05) is 12.2 Å². The zero-order valence-electron chi connectivity index (χ0n) is 14.6. The topological polar surface area (TPSA) is 29.9 Å². The van der Waals surface area contributed by atoms with Gasteiger partial charge in [0.2, 0.25) is 0 Å². The molecule has 0 radical (unpaired) electrons. The van der Waals surface area contributed by atoms with Gasteiger partial charge in [0.15, 0.2) is 0 Å². The predicted molar refractivity (Wildman–Crippen MR) is 97.2 cm³/mol. The van der Waals surface area contributed by atoms with Crippen LogP contribution < -0.4 is 5.32 Å². The highest BCUT2D eigenvalue weighted by molar-refractivity contribution is 7.80. The summed E-state index contributed by atoms with van der Waals surface area (Å²) in [4.78, 5) is 0.646. The highest BCUT2D eigenvalue weighted by Crippen LogP contribution is 2.29. The fourth-order valence-electron chi connectivity index (χ4n) is 2.32. The third-order valence-corrected chi connectivity index (χ3v) is 3.58. The van der Waals surface area contributed by atoms with E-state index in [0.717, 1.165) is 16.8 Å². The van der Waals surface area contributed by atoms with Crippen molar-refractivity contribution in [1.29, 1.82) is 0 Å². The van der Waals surface area contributed by atoms with Crippen molar-refractivity contribution in [1.82, 2.24) is 15.1 Å². The summed E-state index contributed by atoms with van der Waals surface area (Å²) in [5, 5.41) is 7.86. The molecular formula is C18H24FN3S. The molecule has 0 fully saturated rings. The normalized spacial score (nSPS) is 12.3. The summed E-state index contributed by atoms with van der Waals surface area (Å²) < 4.78 is 15.2. The number of aromatic nitrogens is 2. The van der Waals surface area contributed by atoms with E-state index in [1.807, 2.05) is 4.68 Å². The maximum atomic E-state index is 13.3. The van der Waals surface area contributed by atoms with E-state index in [9.17, 15) is 4.39 Å². The summed E-state index contributed by atoms with van der Waals surface area (Å²) in [5.74, 6) is -0.257. The molecule has 23 heavy (non-hydrogen) atoms. The van der Waals surface area contributed by atoms with Crippen molar-refractivity contribution in [2.45, 2.75) is 52.6 Å². The first-order valence-corrected chi connectivity index (χ1v) is 8.07. The van der Waals surface area contributed by atoms with Crippen molar-refractivity contribution in [2.24, 2.45) is 0 Å². The van der Waals surface area contributed by atoms with Crippen LogP contribution in [0, 0.1) is 5.82 Å². The molecule has 0 aliphatic rings. The van der Waals surface area contributed by atoms with Gasteiger partial charge in [-0.3, -0.25) is 4.68 Å². The van der Waals surface area contributed by atoms with E-state index in [1.165, 1.54) is 12.1 Å². The molecule has 1 heterocycles. The number of rotatable bonds is 2. The lowest BCUT2D eigenvalue weighted by Gasteiger charge is -2.25. The van der Waals surface area contributed by atoms with Gasteiger partial charge in [0.05, 0.1) is 23.0 Å². The van der Waals surface area contributed by atoms with E-state index in [4.69, 9.17) is 12.2 Å². The molecule has 0 spiro atoms. The molecule has 0 saturated heterocycles. The molecule has 0 aliphatic heterocycles. The van der Waals surface area contributed by atoms with E-state index in [0.29, 0.717) is 4.99 Å². The molecule has 0 saturated carbocycles. The van der Waals surface area contributed by atoms with E-state index in [1.54, 1.807) is 18.3 Å². The minimum Gasteiger partial charge on any atom is -0.371 e. The summed E-state index contributed by atoms with van der Waals surface area (Å²) in [6, 6.07) is 6.44. The first-order chi connectivity index (χ1) is 10.5. The Hall–Kier alpha value is -1.75. The number of benzene rings is 1. The quantitative estimate of drug-likeness (QED) is 0.820. The number of nitrogens with zero attached hydrogens (tertiary/aromatic N) is 2. The highest BCUT2D eigenvalue weighted by Gasteiger charge is 2.25. The van der Waals surface area contributed by atoms with Crippen LogP contribution in [0.4, 0.5) is 4.39 Å². The Morgan fingerprint density at radius 1 is 1.09 bits per heavy atom. The standard InChI is InChI=1S/C18H24FN3S/c1-17(2,3)21-16(23)14-11-20-22(18(4,5)6)15(14)12-7-9-13(19)10-8-12/h7-11H,1-6H3,(H,21,23). The zero-order chi connectivity index (χ0) is 17.4. The lowest BCUT2D eigenvalue weighted by molar-refractivity contribution is 0.360. The van der Waals surface area contributed by atoms with Gasteiger partial charge in [0, 0.05) is 11.1 Å². The number of thiocarbonyl (C=S) groups is 1. The van der Waals surface area contributed by atoms with Gasteiger partial charge >= 0.3 is 0 Å². The minimum atomic E-state index is -0.257. The molecule has 1 N–H and O–H groups in total. The van der Waals surface area contributed by atoms with Crippen LogP contribution in [0.3, 0.4) is 0 Å². The Balaban J connectivity index is 2.58. The molecule has 1 aromatic heterocycles. The van der Waals surface area contributed by atoms with Crippen LogP contribution in [0.1, 0.15) is 47.1 Å². The monoisotopic (exact) mass is 333 g/mol. The van der Waals surface area contributed by atoms with Gasteiger partial charge in [0.1, 0.15) is 10.8 Å². The second-order valence-corrected chi connectivity index (χ2v) is 8.11. The molecule has 0 amide bonds. The van der Waals surface area contributed by atoms with Gasteiger partial charge in [-0.15, -0.1) is 0 Å². The lowest BCUT2D eigenvalue weighted by Crippen LogP contribution is -2.40. The SMILES string of the molecule is CC(C)(C)NC(=S)c1cnn(C(C)(C)C)c1-c1ccc(F)cc1. The van der Waals surface area contributed by atoms with E-state index < -0.39 is 0 Å². The van der Waals surface area contributed by atoms with E-state index >= 15 is 0 Å². The Kier molecular flexibility index (Phi) is 4.62. The second kappa shape index (κ2) is 6.04. The smallest absolute Gasteiger partial charge is 0.123 e. The molecule has 124 valence electrons. The third kappa shape index (κ3) is 4.16. The molecule has 2 aromatic rings.